The van der Waals surface area contributed by atoms with E-state index in [1.165, 1.54) is 17.4 Å². The highest BCUT2D eigenvalue weighted by atomic mass is 32.1. The Balaban J connectivity index is 2.84. The zero-order valence-electron chi connectivity index (χ0n) is 7.42. The van der Waals surface area contributed by atoms with Crippen LogP contribution in [-0.2, 0) is 0 Å². The smallest absolute Gasteiger partial charge is 0.273 e. The van der Waals surface area contributed by atoms with Crippen molar-refractivity contribution in [3.05, 3.63) is 21.8 Å². The Bertz CT molecular complexity index is 313. The Kier molecular flexibility index (Phi) is 2.47. The van der Waals surface area contributed by atoms with Crippen molar-refractivity contribution in [2.24, 2.45) is 0 Å². The molecule has 0 saturated heterocycles. The summed E-state index contributed by atoms with van der Waals surface area (Å²) < 4.78 is 0. The highest BCUT2D eigenvalue weighted by Gasteiger charge is 2.09. The molecule has 4 heteroatoms. The van der Waals surface area contributed by atoms with Crippen LogP contribution in [-0.4, -0.2) is 10.5 Å². The van der Waals surface area contributed by atoms with Crippen LogP contribution >= 0.6 is 11.3 Å². The van der Waals surface area contributed by atoms with E-state index < -0.39 is 0 Å². The van der Waals surface area contributed by atoms with E-state index in [4.69, 9.17) is 0 Å². The van der Waals surface area contributed by atoms with Gasteiger partial charge in [0.15, 0.2) is 5.13 Å². The molecule has 1 aromatic rings. The first-order valence-electron chi connectivity index (χ1n) is 3.71. The molecule has 0 aliphatic heterocycles. The van der Waals surface area contributed by atoms with Crippen molar-refractivity contribution >= 4 is 16.5 Å². The topological polar surface area (TPSA) is 42.0 Å². The largest absolute Gasteiger partial charge is 0.357 e. The monoisotopic (exact) mass is 184 g/mol. The Morgan fingerprint density at radius 3 is 2.67 bits per heavy atom. The minimum atomic E-state index is -0.194. The van der Waals surface area contributed by atoms with Gasteiger partial charge in [-0.2, -0.15) is 4.98 Å². The highest BCUT2D eigenvalue weighted by molar-refractivity contribution is 7.13. The van der Waals surface area contributed by atoms with Gasteiger partial charge in [-0.05, 0) is 26.2 Å². The lowest BCUT2D eigenvalue weighted by atomic mass is 10.1. The fourth-order valence-electron chi connectivity index (χ4n) is 0.699. The van der Waals surface area contributed by atoms with Crippen molar-refractivity contribution in [2.75, 3.05) is 5.32 Å². The second-order valence-corrected chi connectivity index (χ2v) is 4.45. The van der Waals surface area contributed by atoms with Gasteiger partial charge < -0.3 is 5.32 Å². The zero-order chi connectivity index (χ0) is 9.19. The minimum absolute atomic E-state index is 0.0444. The number of nitrogens with zero attached hydrogens (tertiary/aromatic N) is 1. The molecule has 0 aliphatic carbocycles. The fraction of sp³-hybridized carbons (Fsp3) is 0.500. The van der Waals surface area contributed by atoms with Crippen LogP contribution in [0.2, 0.25) is 0 Å². The standard InChI is InChI=1S/C8H12N2OS/c1-8(2,3)10-7-9-6(11)4-5-12-7/h4-5H,1-3H3,(H,9,10,11). The van der Waals surface area contributed by atoms with Gasteiger partial charge in [-0.25, -0.2) is 0 Å². The summed E-state index contributed by atoms with van der Waals surface area (Å²) in [5.74, 6) is 0. The molecule has 1 N–H and O–H groups in total. The fourth-order valence-corrected chi connectivity index (χ4v) is 1.52. The van der Waals surface area contributed by atoms with Crippen LogP contribution in [0.3, 0.4) is 0 Å². The molecule has 1 heterocycles. The number of hydrogen-bond donors (Lipinski definition) is 1. The molecule has 1 rings (SSSR count). The lowest BCUT2D eigenvalue weighted by Gasteiger charge is -2.19. The third kappa shape index (κ3) is 3.00. The van der Waals surface area contributed by atoms with Gasteiger partial charge in [0.05, 0.1) is 0 Å². The second kappa shape index (κ2) is 3.23. The van der Waals surface area contributed by atoms with Crippen LogP contribution in [0.1, 0.15) is 20.8 Å². The predicted molar refractivity (Wildman–Crippen MR) is 51.8 cm³/mol. The maximum absolute atomic E-state index is 10.8. The van der Waals surface area contributed by atoms with Crippen molar-refractivity contribution in [2.45, 2.75) is 26.3 Å². The zero-order valence-corrected chi connectivity index (χ0v) is 8.23. The molecule has 0 atom stereocenters. The molecular weight excluding hydrogens is 172 g/mol. The predicted octanol–water partition coefficient (Wildman–Crippen LogP) is 1.71. The van der Waals surface area contributed by atoms with E-state index in [-0.39, 0.29) is 11.1 Å². The van der Waals surface area contributed by atoms with Crippen molar-refractivity contribution in [3.63, 3.8) is 0 Å². The van der Waals surface area contributed by atoms with Crippen LogP contribution in [0.15, 0.2) is 16.2 Å². The molecule has 66 valence electrons. The molecule has 3 nitrogen and oxygen atoms in total. The first-order chi connectivity index (χ1) is 5.47. The molecule has 0 aliphatic rings. The molecule has 0 unspecified atom stereocenters. The quantitative estimate of drug-likeness (QED) is 0.722. The molecule has 0 bridgehead atoms. The number of aromatic nitrogens is 1. The van der Waals surface area contributed by atoms with E-state index in [1.807, 2.05) is 20.8 Å². The lowest BCUT2D eigenvalue weighted by molar-refractivity contribution is 0.632. The van der Waals surface area contributed by atoms with E-state index in [2.05, 4.69) is 10.3 Å². The van der Waals surface area contributed by atoms with Gasteiger partial charge in [0.1, 0.15) is 0 Å². The molecule has 12 heavy (non-hydrogen) atoms. The summed E-state index contributed by atoms with van der Waals surface area (Å²) in [5.41, 5.74) is -0.238. The summed E-state index contributed by atoms with van der Waals surface area (Å²) in [6, 6.07) is 1.46. The first-order valence-corrected chi connectivity index (χ1v) is 4.59. The molecule has 0 saturated carbocycles. The van der Waals surface area contributed by atoms with E-state index in [1.54, 1.807) is 5.38 Å². The number of anilines is 1. The van der Waals surface area contributed by atoms with Crippen LogP contribution < -0.4 is 10.9 Å². The summed E-state index contributed by atoms with van der Waals surface area (Å²) in [7, 11) is 0. The van der Waals surface area contributed by atoms with Crippen molar-refractivity contribution in [1.29, 1.82) is 0 Å². The molecule has 0 radical (unpaired) electrons. The SMILES string of the molecule is CC(C)(C)Nc1nc(=O)ccs1. The van der Waals surface area contributed by atoms with Gasteiger partial charge in [0, 0.05) is 11.6 Å². The maximum atomic E-state index is 10.8. The van der Waals surface area contributed by atoms with E-state index in [0.29, 0.717) is 5.13 Å². The maximum Gasteiger partial charge on any atom is 0.273 e. The molecular formula is C8H12N2OS. The van der Waals surface area contributed by atoms with Crippen molar-refractivity contribution in [1.82, 2.24) is 4.98 Å². The van der Waals surface area contributed by atoms with E-state index in [9.17, 15) is 4.79 Å². The molecule has 0 amide bonds. The summed E-state index contributed by atoms with van der Waals surface area (Å²) in [4.78, 5) is 14.6. The second-order valence-electron chi connectivity index (χ2n) is 3.55. The third-order valence-electron chi connectivity index (χ3n) is 1.08. The minimum Gasteiger partial charge on any atom is -0.357 e. The molecule has 0 fully saturated rings. The lowest BCUT2D eigenvalue weighted by Crippen LogP contribution is -2.27. The highest BCUT2D eigenvalue weighted by Crippen LogP contribution is 2.13. The average Bonchev–Trinajstić information content (AvgIpc) is 1.82. The van der Waals surface area contributed by atoms with E-state index in [0.717, 1.165) is 0 Å². The van der Waals surface area contributed by atoms with E-state index >= 15 is 0 Å². The van der Waals surface area contributed by atoms with Crippen molar-refractivity contribution in [3.8, 4) is 0 Å². The van der Waals surface area contributed by atoms with Crippen LogP contribution in [0.25, 0.3) is 0 Å². The number of hydrogen-bond acceptors (Lipinski definition) is 4. The van der Waals surface area contributed by atoms with Gasteiger partial charge in [-0.3, -0.25) is 4.79 Å². The van der Waals surface area contributed by atoms with Gasteiger partial charge in [-0.1, -0.05) is 0 Å². The third-order valence-corrected chi connectivity index (χ3v) is 1.77. The first kappa shape index (κ1) is 9.19. The van der Waals surface area contributed by atoms with Crippen molar-refractivity contribution < 1.29 is 0 Å². The number of rotatable bonds is 1. The Morgan fingerprint density at radius 2 is 2.17 bits per heavy atom. The van der Waals surface area contributed by atoms with Crippen LogP contribution in [0.5, 0.6) is 0 Å². The van der Waals surface area contributed by atoms with Gasteiger partial charge >= 0.3 is 0 Å². The van der Waals surface area contributed by atoms with Crippen LogP contribution in [0, 0.1) is 0 Å². The van der Waals surface area contributed by atoms with Gasteiger partial charge in [0.25, 0.3) is 5.56 Å². The van der Waals surface area contributed by atoms with Gasteiger partial charge in [0.2, 0.25) is 0 Å². The van der Waals surface area contributed by atoms with Gasteiger partial charge in [-0.15, -0.1) is 11.3 Å². The number of nitrogens with one attached hydrogen (secondary N) is 1. The summed E-state index contributed by atoms with van der Waals surface area (Å²) >= 11 is 1.43. The summed E-state index contributed by atoms with van der Waals surface area (Å²) in [6.45, 7) is 6.08. The molecule has 0 spiro atoms. The normalized spacial score (nSPS) is 11.2. The van der Waals surface area contributed by atoms with Crippen LogP contribution in [0.4, 0.5) is 5.13 Å². The Labute approximate surface area is 75.5 Å². The summed E-state index contributed by atoms with van der Waals surface area (Å²) in [5, 5.41) is 5.54. The summed E-state index contributed by atoms with van der Waals surface area (Å²) in [6.07, 6.45) is 0. The Hall–Kier alpha value is -0.900. The average molecular weight is 184 g/mol. The molecule has 1 aromatic heterocycles. The molecule has 0 aromatic carbocycles. The Morgan fingerprint density at radius 1 is 1.50 bits per heavy atom.